The lowest BCUT2D eigenvalue weighted by Gasteiger charge is -2.16. The van der Waals surface area contributed by atoms with Crippen molar-refractivity contribution in [2.75, 3.05) is 6.54 Å². The molecule has 2 N–H and O–H groups in total. The number of nitrogens with two attached hydrogens (primary N) is 1. The van der Waals surface area contributed by atoms with E-state index >= 15 is 0 Å². The van der Waals surface area contributed by atoms with E-state index in [1.54, 1.807) is 12.1 Å². The van der Waals surface area contributed by atoms with E-state index in [9.17, 15) is 8.78 Å². The van der Waals surface area contributed by atoms with Gasteiger partial charge in [0.2, 0.25) is 0 Å². The molecule has 15 heavy (non-hydrogen) atoms. The molecule has 0 bridgehead atoms. The van der Waals surface area contributed by atoms with Gasteiger partial charge in [-0.25, -0.2) is 8.78 Å². The third-order valence-electron chi connectivity index (χ3n) is 2.82. The maximum absolute atomic E-state index is 13.5. The van der Waals surface area contributed by atoms with Gasteiger partial charge in [0.1, 0.15) is 0 Å². The number of hydrogen-bond donors (Lipinski definition) is 1. The fraction of sp³-hybridized carbons (Fsp3) is 0.500. The zero-order valence-electron chi connectivity index (χ0n) is 8.55. The largest absolute Gasteiger partial charge is 0.330 e. The van der Waals surface area contributed by atoms with Crippen LogP contribution in [0.4, 0.5) is 8.78 Å². The van der Waals surface area contributed by atoms with Crippen molar-refractivity contribution in [1.82, 2.24) is 0 Å². The van der Waals surface area contributed by atoms with Gasteiger partial charge in [0.15, 0.2) is 0 Å². The highest BCUT2D eigenvalue weighted by Crippen LogP contribution is 2.42. The smallest absolute Gasteiger partial charge is 0.274 e. The molecule has 1 aliphatic rings. The van der Waals surface area contributed by atoms with Crippen molar-refractivity contribution in [2.45, 2.75) is 31.1 Å². The number of halogens is 2. The molecule has 82 valence electrons. The molecule has 0 amide bonds. The molecular weight excluding hydrogens is 196 g/mol. The summed E-state index contributed by atoms with van der Waals surface area (Å²) >= 11 is 0. The summed E-state index contributed by atoms with van der Waals surface area (Å²) in [6, 6.07) is 6.77. The molecule has 0 radical (unpaired) electrons. The Bertz CT molecular complexity index is 345. The van der Waals surface area contributed by atoms with Gasteiger partial charge in [-0.15, -0.1) is 0 Å². The first-order valence-corrected chi connectivity index (χ1v) is 5.32. The monoisotopic (exact) mass is 211 g/mol. The first-order valence-electron chi connectivity index (χ1n) is 5.32. The predicted octanol–water partition coefficient (Wildman–Crippen LogP) is 3.00. The van der Waals surface area contributed by atoms with E-state index in [4.69, 9.17) is 5.73 Å². The Balaban J connectivity index is 2.23. The molecule has 2 rings (SSSR count). The fourth-order valence-corrected chi connectivity index (χ4v) is 1.76. The van der Waals surface area contributed by atoms with E-state index in [0.29, 0.717) is 5.92 Å². The lowest BCUT2D eigenvalue weighted by Crippen LogP contribution is -2.18. The molecule has 0 saturated heterocycles. The molecular formula is C12H15F2N. The molecule has 0 atom stereocenters. The predicted molar refractivity (Wildman–Crippen MR) is 56.0 cm³/mol. The molecule has 1 nitrogen and oxygen atoms in total. The number of rotatable bonds is 4. The zero-order chi connectivity index (χ0) is 10.9. The van der Waals surface area contributed by atoms with Crippen LogP contribution in [0, 0.1) is 0 Å². The first-order chi connectivity index (χ1) is 7.13. The van der Waals surface area contributed by atoms with Crippen LogP contribution in [-0.2, 0) is 5.92 Å². The lowest BCUT2D eigenvalue weighted by atomic mass is 10.0. The first kappa shape index (κ1) is 10.6. The number of benzene rings is 1. The van der Waals surface area contributed by atoms with Crippen molar-refractivity contribution in [1.29, 1.82) is 0 Å². The average molecular weight is 211 g/mol. The molecule has 3 heteroatoms. The van der Waals surface area contributed by atoms with Gasteiger partial charge in [-0.1, -0.05) is 18.2 Å². The van der Waals surface area contributed by atoms with Crippen molar-refractivity contribution >= 4 is 0 Å². The van der Waals surface area contributed by atoms with Crippen LogP contribution in [0.3, 0.4) is 0 Å². The van der Waals surface area contributed by atoms with Gasteiger partial charge in [0.05, 0.1) is 0 Å². The summed E-state index contributed by atoms with van der Waals surface area (Å²) in [4.78, 5) is 0. The highest BCUT2D eigenvalue weighted by atomic mass is 19.3. The Kier molecular flexibility index (Phi) is 2.74. The molecule has 1 fully saturated rings. The van der Waals surface area contributed by atoms with E-state index in [1.165, 1.54) is 6.07 Å². The van der Waals surface area contributed by atoms with Gasteiger partial charge >= 0.3 is 0 Å². The average Bonchev–Trinajstić information content (AvgIpc) is 3.01. The Hall–Kier alpha value is -0.960. The van der Waals surface area contributed by atoms with Gasteiger partial charge in [-0.3, -0.25) is 0 Å². The second-order valence-electron chi connectivity index (χ2n) is 4.14. The third kappa shape index (κ3) is 2.34. The van der Waals surface area contributed by atoms with Gasteiger partial charge in [-0.05, 0) is 36.9 Å². The molecule has 1 aliphatic carbocycles. The number of alkyl halides is 2. The van der Waals surface area contributed by atoms with Crippen LogP contribution < -0.4 is 5.73 Å². The molecule has 1 aromatic rings. The van der Waals surface area contributed by atoms with Crippen LogP contribution in [-0.4, -0.2) is 6.54 Å². The van der Waals surface area contributed by atoms with Crippen LogP contribution in [0.15, 0.2) is 24.3 Å². The second kappa shape index (κ2) is 3.89. The van der Waals surface area contributed by atoms with Gasteiger partial charge in [0.25, 0.3) is 5.92 Å². The SMILES string of the molecule is NCCC(F)(F)c1cccc(C2CC2)c1. The highest BCUT2D eigenvalue weighted by molar-refractivity contribution is 5.31. The van der Waals surface area contributed by atoms with Crippen molar-refractivity contribution < 1.29 is 8.78 Å². The van der Waals surface area contributed by atoms with E-state index in [-0.39, 0.29) is 18.5 Å². The van der Waals surface area contributed by atoms with Crippen molar-refractivity contribution in [3.05, 3.63) is 35.4 Å². The van der Waals surface area contributed by atoms with E-state index < -0.39 is 5.92 Å². The second-order valence-corrected chi connectivity index (χ2v) is 4.14. The van der Waals surface area contributed by atoms with Crippen molar-refractivity contribution in [3.8, 4) is 0 Å². The quantitative estimate of drug-likeness (QED) is 0.814. The standard InChI is InChI=1S/C12H15F2N/c13-12(14,6-7-15)11-3-1-2-10(8-11)9-4-5-9/h1-3,8-9H,4-7,15H2. The minimum Gasteiger partial charge on any atom is -0.330 e. The fourth-order valence-electron chi connectivity index (χ4n) is 1.76. The summed E-state index contributed by atoms with van der Waals surface area (Å²) in [6.45, 7) is 0.0145. The summed E-state index contributed by atoms with van der Waals surface area (Å²) in [5, 5.41) is 0. The van der Waals surface area contributed by atoms with E-state index in [1.807, 2.05) is 6.07 Å². The van der Waals surface area contributed by atoms with E-state index in [2.05, 4.69) is 0 Å². The lowest BCUT2D eigenvalue weighted by molar-refractivity contribution is -0.0107. The van der Waals surface area contributed by atoms with Crippen LogP contribution in [0.2, 0.25) is 0 Å². The molecule has 0 spiro atoms. The summed E-state index contributed by atoms with van der Waals surface area (Å²) in [5.41, 5.74) is 6.34. The maximum Gasteiger partial charge on any atom is 0.274 e. The Morgan fingerprint density at radius 1 is 1.33 bits per heavy atom. The molecule has 0 aromatic heterocycles. The van der Waals surface area contributed by atoms with Crippen LogP contribution in [0.5, 0.6) is 0 Å². The van der Waals surface area contributed by atoms with Crippen LogP contribution in [0.1, 0.15) is 36.3 Å². The normalized spacial score (nSPS) is 16.7. The summed E-state index contributed by atoms with van der Waals surface area (Å²) in [7, 11) is 0. The molecule has 0 unspecified atom stereocenters. The summed E-state index contributed by atoms with van der Waals surface area (Å²) in [5.74, 6) is -2.27. The van der Waals surface area contributed by atoms with Crippen molar-refractivity contribution in [3.63, 3.8) is 0 Å². The van der Waals surface area contributed by atoms with E-state index in [0.717, 1.165) is 18.4 Å². The summed E-state index contributed by atoms with van der Waals surface area (Å²) < 4.78 is 27.1. The highest BCUT2D eigenvalue weighted by Gasteiger charge is 2.32. The maximum atomic E-state index is 13.5. The molecule has 0 heterocycles. The minimum absolute atomic E-state index is 0.0145. The Morgan fingerprint density at radius 2 is 2.07 bits per heavy atom. The summed E-state index contributed by atoms with van der Waals surface area (Å²) in [6.07, 6.45) is 1.99. The van der Waals surface area contributed by atoms with Gasteiger partial charge in [-0.2, -0.15) is 0 Å². The van der Waals surface area contributed by atoms with Gasteiger partial charge in [0, 0.05) is 12.0 Å². The molecule has 1 saturated carbocycles. The Labute approximate surface area is 88.3 Å². The van der Waals surface area contributed by atoms with Crippen LogP contribution in [0.25, 0.3) is 0 Å². The minimum atomic E-state index is -2.78. The van der Waals surface area contributed by atoms with Gasteiger partial charge < -0.3 is 5.73 Å². The topological polar surface area (TPSA) is 26.0 Å². The molecule has 0 aliphatic heterocycles. The van der Waals surface area contributed by atoms with Crippen molar-refractivity contribution in [2.24, 2.45) is 5.73 Å². The molecule has 1 aromatic carbocycles. The zero-order valence-corrected chi connectivity index (χ0v) is 8.55. The Morgan fingerprint density at radius 3 is 2.67 bits per heavy atom. The number of hydrogen-bond acceptors (Lipinski definition) is 1. The third-order valence-corrected chi connectivity index (χ3v) is 2.82. The van der Waals surface area contributed by atoms with Crippen LogP contribution >= 0.6 is 0 Å².